The Morgan fingerprint density at radius 3 is 1.96 bits per heavy atom. The summed E-state index contributed by atoms with van der Waals surface area (Å²) in [4.78, 5) is 16.1. The van der Waals surface area contributed by atoms with Crippen LogP contribution in [0.4, 0.5) is 0 Å². The fourth-order valence-corrected chi connectivity index (χ4v) is 10.7. The predicted octanol–water partition coefficient (Wildman–Crippen LogP) is 17.2. The summed E-state index contributed by atoms with van der Waals surface area (Å²) in [6, 6.07) is 68.2. The zero-order chi connectivity index (χ0) is 46.5. The second kappa shape index (κ2) is 15.6. The van der Waals surface area contributed by atoms with Gasteiger partial charge in [-0.2, -0.15) is 0 Å². The highest BCUT2D eigenvalue weighted by atomic mass is 16.3. The van der Waals surface area contributed by atoms with Crippen LogP contribution in [-0.2, 0) is 0 Å². The Hall–Kier alpha value is -9.39. The maximum atomic E-state index is 7.31. The molecule has 0 aliphatic rings. The van der Waals surface area contributed by atoms with Gasteiger partial charge in [-0.25, -0.2) is 15.0 Å². The van der Waals surface area contributed by atoms with Crippen molar-refractivity contribution in [2.24, 2.45) is 0 Å². The molecule has 6 nitrogen and oxygen atoms in total. The number of para-hydroxylation sites is 1. The van der Waals surface area contributed by atoms with E-state index in [9.17, 15) is 0 Å². The molecule has 14 aromatic rings. The Morgan fingerprint density at radius 2 is 1.14 bits per heavy atom. The number of rotatable bonds is 7. The monoisotopic (exact) mass is 896 g/mol. The molecule has 0 amide bonds. The Labute approximate surface area is 401 Å². The summed E-state index contributed by atoms with van der Waals surface area (Å²) in [7, 11) is 0. The smallest absolute Gasteiger partial charge is 0.167 e. The molecule has 0 unspecified atom stereocenters. The van der Waals surface area contributed by atoms with E-state index < -0.39 is 0 Å². The normalized spacial score (nSPS) is 12.6. The number of fused-ring (bicyclic) bond motifs is 14. The molecule has 4 heterocycles. The van der Waals surface area contributed by atoms with E-state index in [0.29, 0.717) is 23.1 Å². The van der Waals surface area contributed by atoms with Crippen LogP contribution in [0.3, 0.4) is 0 Å². The number of aromatic nitrogens is 4. The number of furan rings is 2. The number of allylic oxidation sites excluding steroid dienone is 5. The molecule has 0 atom stereocenters. The molecule has 0 saturated carbocycles. The van der Waals surface area contributed by atoms with Gasteiger partial charge in [0.1, 0.15) is 22.3 Å². The van der Waals surface area contributed by atoms with E-state index in [2.05, 4.69) is 170 Å². The van der Waals surface area contributed by atoms with E-state index >= 15 is 0 Å². The van der Waals surface area contributed by atoms with Gasteiger partial charge in [0.15, 0.2) is 17.5 Å². The summed E-state index contributed by atoms with van der Waals surface area (Å²) >= 11 is 0. The third kappa shape index (κ3) is 6.10. The van der Waals surface area contributed by atoms with Crippen molar-refractivity contribution in [1.82, 2.24) is 19.5 Å². The first-order valence-corrected chi connectivity index (χ1v) is 23.5. The average molecular weight is 897 g/mol. The van der Waals surface area contributed by atoms with Gasteiger partial charge >= 0.3 is 0 Å². The molecule has 70 heavy (non-hydrogen) atoms. The lowest BCUT2D eigenvalue weighted by molar-refractivity contribution is 0.669. The molecule has 0 saturated heterocycles. The summed E-state index contributed by atoms with van der Waals surface area (Å²) in [5.41, 5.74) is 10.8. The Morgan fingerprint density at radius 1 is 0.471 bits per heavy atom. The Balaban J connectivity index is 1.09. The number of benzene rings is 10. The number of nitrogens with zero attached hydrogens (tertiary/aromatic N) is 4. The van der Waals surface area contributed by atoms with E-state index in [-0.39, 0.29) is 0 Å². The minimum Gasteiger partial charge on any atom is -0.456 e. The first-order chi connectivity index (χ1) is 34.6. The minimum atomic E-state index is 0.491. The van der Waals surface area contributed by atoms with Crippen molar-refractivity contribution in [3.05, 3.63) is 230 Å². The summed E-state index contributed by atoms with van der Waals surface area (Å²) in [6.45, 7) is 6.10. The quantitative estimate of drug-likeness (QED) is 0.149. The molecule has 4 aromatic heterocycles. The standard InChI is InChI=1S/C64H40N4O2/c1-3-16-42(39-17-5-4-6-18-39)35-38(2)62-65-63(49-26-15-28-56-58(49)47-25-13-14-27-55(47)69-56)67-64(66-62)50-32-34-53(59-48-31-29-41-20-10-12-24-46(41)60(48)70-61(50)59)68-52-33-30-40-19-9-11-23-45(40)57(52)51-36-43-21-7-8-22-44(43)37-54(51)68/h3-37H,1H2,2H3/b38-35+,42-16+. The average Bonchev–Trinajstić information content (AvgIpc) is 4.10. The largest absolute Gasteiger partial charge is 0.456 e. The fraction of sp³-hybridized carbons (Fsp3) is 0.0156. The van der Waals surface area contributed by atoms with Crippen LogP contribution < -0.4 is 0 Å². The first kappa shape index (κ1) is 39.7. The molecule has 0 N–H and O–H groups in total. The van der Waals surface area contributed by atoms with Gasteiger partial charge in [0.05, 0.1) is 27.7 Å². The topological polar surface area (TPSA) is 69.9 Å². The summed E-state index contributed by atoms with van der Waals surface area (Å²) in [6.07, 6.45) is 5.95. The van der Waals surface area contributed by atoms with Gasteiger partial charge in [-0.1, -0.05) is 164 Å². The third-order valence-electron chi connectivity index (χ3n) is 13.9. The van der Waals surface area contributed by atoms with Crippen LogP contribution in [0.5, 0.6) is 0 Å². The van der Waals surface area contributed by atoms with Gasteiger partial charge in [-0.15, -0.1) is 0 Å². The maximum absolute atomic E-state index is 7.31. The molecule has 14 rings (SSSR count). The molecule has 0 aliphatic heterocycles. The van der Waals surface area contributed by atoms with E-state index in [0.717, 1.165) is 93.6 Å². The van der Waals surface area contributed by atoms with Crippen LogP contribution in [0.15, 0.2) is 228 Å². The van der Waals surface area contributed by atoms with Crippen molar-refractivity contribution in [3.8, 4) is 28.5 Å². The summed E-state index contributed by atoms with van der Waals surface area (Å²) in [5, 5.41) is 13.2. The lowest BCUT2D eigenvalue weighted by Crippen LogP contribution is -2.03. The zero-order valence-corrected chi connectivity index (χ0v) is 38.0. The molecule has 0 aliphatic carbocycles. The zero-order valence-electron chi connectivity index (χ0n) is 38.0. The van der Waals surface area contributed by atoms with Crippen molar-refractivity contribution in [2.75, 3.05) is 0 Å². The second-order valence-corrected chi connectivity index (χ2v) is 18.0. The molecule has 6 heteroatoms. The number of hydrogen-bond donors (Lipinski definition) is 0. The highest BCUT2D eigenvalue weighted by molar-refractivity contribution is 6.26. The molecule has 0 spiro atoms. The van der Waals surface area contributed by atoms with E-state index in [4.69, 9.17) is 23.8 Å². The van der Waals surface area contributed by atoms with Crippen molar-refractivity contribution >= 4 is 109 Å². The van der Waals surface area contributed by atoms with Gasteiger partial charge in [0, 0.05) is 37.9 Å². The summed E-state index contributed by atoms with van der Waals surface area (Å²) in [5.74, 6) is 1.56. The van der Waals surface area contributed by atoms with Gasteiger partial charge in [-0.3, -0.25) is 0 Å². The van der Waals surface area contributed by atoms with Crippen LogP contribution in [0.1, 0.15) is 18.3 Å². The lowest BCUT2D eigenvalue weighted by atomic mass is 10.0. The molecule has 328 valence electrons. The van der Waals surface area contributed by atoms with Crippen molar-refractivity contribution < 1.29 is 8.83 Å². The fourth-order valence-electron chi connectivity index (χ4n) is 10.7. The van der Waals surface area contributed by atoms with Crippen LogP contribution >= 0.6 is 0 Å². The molecule has 10 aromatic carbocycles. The first-order valence-electron chi connectivity index (χ1n) is 23.5. The molecular weight excluding hydrogens is 857 g/mol. The van der Waals surface area contributed by atoms with Crippen molar-refractivity contribution in [2.45, 2.75) is 6.92 Å². The molecule has 0 bridgehead atoms. The summed E-state index contributed by atoms with van der Waals surface area (Å²) < 4.78 is 16.1. The van der Waals surface area contributed by atoms with Crippen LogP contribution in [0.2, 0.25) is 0 Å². The Bertz CT molecular complexity index is 4570. The van der Waals surface area contributed by atoms with E-state index in [1.807, 2.05) is 60.7 Å². The van der Waals surface area contributed by atoms with Gasteiger partial charge in [-0.05, 0) is 105 Å². The van der Waals surface area contributed by atoms with E-state index in [1.54, 1.807) is 0 Å². The SMILES string of the molecule is C=C/C=C(\C=C(/C)c1nc(-c2ccc(-n3c4cc5ccccc5cc4c4c5ccccc5ccc43)c3c2oc2c4ccccc4ccc23)nc(-c2cccc3oc4ccccc4c23)n1)c1ccccc1. The predicted molar refractivity (Wildman–Crippen MR) is 290 cm³/mol. The van der Waals surface area contributed by atoms with Gasteiger partial charge in [0.2, 0.25) is 0 Å². The van der Waals surface area contributed by atoms with Crippen molar-refractivity contribution in [1.29, 1.82) is 0 Å². The lowest BCUT2D eigenvalue weighted by Gasteiger charge is -2.13. The van der Waals surface area contributed by atoms with Crippen molar-refractivity contribution in [3.63, 3.8) is 0 Å². The highest BCUT2D eigenvalue weighted by Crippen LogP contribution is 2.46. The van der Waals surface area contributed by atoms with E-state index in [1.165, 1.54) is 32.3 Å². The van der Waals surface area contributed by atoms with Gasteiger partial charge in [0.25, 0.3) is 0 Å². The van der Waals surface area contributed by atoms with Gasteiger partial charge < -0.3 is 13.4 Å². The third-order valence-corrected chi connectivity index (χ3v) is 13.9. The molecule has 0 fully saturated rings. The molecular formula is C64H40N4O2. The maximum Gasteiger partial charge on any atom is 0.167 e. The molecule has 0 radical (unpaired) electrons. The minimum absolute atomic E-state index is 0.491. The second-order valence-electron chi connectivity index (χ2n) is 18.0. The van der Waals surface area contributed by atoms with Crippen LogP contribution in [0, 0.1) is 0 Å². The Kier molecular flexibility index (Phi) is 8.85. The number of hydrogen-bond acceptors (Lipinski definition) is 5. The van der Waals surface area contributed by atoms with Crippen LogP contribution in [0.25, 0.3) is 138 Å². The van der Waals surface area contributed by atoms with Crippen LogP contribution in [-0.4, -0.2) is 19.5 Å². The highest BCUT2D eigenvalue weighted by Gasteiger charge is 2.25.